The highest BCUT2D eigenvalue weighted by molar-refractivity contribution is 7.14. The highest BCUT2D eigenvalue weighted by Gasteiger charge is 2.36. The van der Waals surface area contributed by atoms with Crippen LogP contribution in [0.2, 0.25) is 0 Å². The van der Waals surface area contributed by atoms with Gasteiger partial charge in [0.05, 0.1) is 17.2 Å². The number of hydrogen-bond acceptors (Lipinski definition) is 4. The van der Waals surface area contributed by atoms with E-state index >= 15 is 0 Å². The Morgan fingerprint density at radius 3 is 2.88 bits per heavy atom. The zero-order valence-electron chi connectivity index (χ0n) is 12.3. The first-order valence-electron chi connectivity index (χ1n) is 7.03. The molecular weight excluding hydrogens is 336 g/mol. The Kier molecular flexibility index (Phi) is 4.27. The number of nitriles is 1. The van der Waals surface area contributed by atoms with Gasteiger partial charge in [0.2, 0.25) is 11.8 Å². The highest BCUT2D eigenvalue weighted by atomic mass is 32.1. The molecule has 5 nitrogen and oxygen atoms in total. The van der Waals surface area contributed by atoms with Crippen molar-refractivity contribution in [2.45, 2.75) is 6.42 Å². The molecule has 1 fully saturated rings. The average Bonchev–Trinajstić information content (AvgIpc) is 3.14. The summed E-state index contributed by atoms with van der Waals surface area (Å²) in [5.41, 5.74) is 0.296. The van der Waals surface area contributed by atoms with Gasteiger partial charge in [-0.1, -0.05) is 0 Å². The lowest BCUT2D eigenvalue weighted by Crippen LogP contribution is -2.28. The summed E-state index contributed by atoms with van der Waals surface area (Å²) in [6, 6.07) is 6.48. The maximum atomic E-state index is 13.8. The minimum atomic E-state index is -0.852. The van der Waals surface area contributed by atoms with Crippen LogP contribution in [0.4, 0.5) is 19.5 Å². The summed E-state index contributed by atoms with van der Waals surface area (Å²) in [7, 11) is 0. The first kappa shape index (κ1) is 16.1. The Labute approximate surface area is 140 Å². The quantitative estimate of drug-likeness (QED) is 0.928. The van der Waals surface area contributed by atoms with Crippen LogP contribution in [0.3, 0.4) is 0 Å². The third-order valence-electron chi connectivity index (χ3n) is 3.72. The van der Waals surface area contributed by atoms with Gasteiger partial charge in [-0.25, -0.2) is 8.78 Å². The van der Waals surface area contributed by atoms with Gasteiger partial charge in [-0.2, -0.15) is 5.26 Å². The van der Waals surface area contributed by atoms with E-state index in [1.165, 1.54) is 17.4 Å². The van der Waals surface area contributed by atoms with Gasteiger partial charge in [-0.15, -0.1) is 11.3 Å². The monoisotopic (exact) mass is 347 g/mol. The van der Waals surface area contributed by atoms with Gasteiger partial charge < -0.3 is 10.2 Å². The second-order valence-corrected chi connectivity index (χ2v) is 6.18. The maximum absolute atomic E-state index is 13.8. The summed E-state index contributed by atoms with van der Waals surface area (Å²) in [6.07, 6.45) is -0.0735. The molecule has 2 amide bonds. The number of nitrogens with zero attached hydrogens (tertiary/aromatic N) is 2. The molecule has 1 aromatic carbocycles. The van der Waals surface area contributed by atoms with E-state index in [1.54, 1.807) is 11.4 Å². The average molecular weight is 347 g/mol. The standard InChI is InChI=1S/C16H11F2N3O2S/c17-11-1-2-13(12(18)6-11)21-8-10(5-14(21)22)15(23)20-16-9(7-19)3-4-24-16/h1-4,6,10H,5,8H2,(H,20,23)/t10-/m1/s1. The number of carbonyl (C=O) groups excluding carboxylic acids is 2. The molecule has 0 bridgehead atoms. The van der Waals surface area contributed by atoms with Crippen molar-refractivity contribution in [2.24, 2.45) is 5.92 Å². The Morgan fingerprint density at radius 2 is 2.17 bits per heavy atom. The first-order valence-corrected chi connectivity index (χ1v) is 7.91. The fourth-order valence-electron chi connectivity index (χ4n) is 2.52. The largest absolute Gasteiger partial charge is 0.316 e. The van der Waals surface area contributed by atoms with Gasteiger partial charge in [0.25, 0.3) is 0 Å². The fraction of sp³-hybridized carbons (Fsp3) is 0.188. The molecule has 1 aliphatic heterocycles. The van der Waals surface area contributed by atoms with Crippen LogP contribution in [-0.4, -0.2) is 18.4 Å². The molecule has 1 aliphatic rings. The van der Waals surface area contributed by atoms with E-state index in [0.717, 1.165) is 11.0 Å². The Bertz CT molecular complexity index is 859. The lowest BCUT2D eigenvalue weighted by atomic mass is 10.1. The zero-order valence-corrected chi connectivity index (χ0v) is 13.1. The fourth-order valence-corrected chi connectivity index (χ4v) is 3.26. The lowest BCUT2D eigenvalue weighted by molar-refractivity contribution is -0.122. The molecule has 0 saturated carbocycles. The van der Waals surface area contributed by atoms with Crippen LogP contribution in [0.5, 0.6) is 0 Å². The third-order valence-corrected chi connectivity index (χ3v) is 4.55. The van der Waals surface area contributed by atoms with Gasteiger partial charge in [-0.05, 0) is 23.6 Å². The minimum Gasteiger partial charge on any atom is -0.316 e. The Hall–Kier alpha value is -2.79. The van der Waals surface area contributed by atoms with Crippen LogP contribution in [0.15, 0.2) is 29.6 Å². The van der Waals surface area contributed by atoms with Crippen molar-refractivity contribution in [3.05, 3.63) is 46.8 Å². The van der Waals surface area contributed by atoms with Crippen molar-refractivity contribution in [2.75, 3.05) is 16.8 Å². The van der Waals surface area contributed by atoms with Crippen molar-refractivity contribution < 1.29 is 18.4 Å². The molecule has 8 heteroatoms. The van der Waals surface area contributed by atoms with Crippen molar-refractivity contribution in [3.63, 3.8) is 0 Å². The topological polar surface area (TPSA) is 73.2 Å². The number of anilines is 2. The minimum absolute atomic E-state index is 0.000477. The van der Waals surface area contributed by atoms with E-state index in [2.05, 4.69) is 5.32 Å². The van der Waals surface area contributed by atoms with Crippen LogP contribution in [0.1, 0.15) is 12.0 Å². The van der Waals surface area contributed by atoms with E-state index in [-0.39, 0.29) is 18.7 Å². The molecule has 1 N–H and O–H groups in total. The number of thiophene rings is 1. The first-order chi connectivity index (χ1) is 11.5. The second kappa shape index (κ2) is 6.37. The Balaban J connectivity index is 1.75. The molecule has 0 unspecified atom stereocenters. The van der Waals surface area contributed by atoms with Crippen LogP contribution >= 0.6 is 11.3 Å². The summed E-state index contributed by atoms with van der Waals surface area (Å²) < 4.78 is 26.8. The van der Waals surface area contributed by atoms with E-state index < -0.39 is 29.4 Å². The van der Waals surface area contributed by atoms with E-state index in [0.29, 0.717) is 16.6 Å². The molecule has 1 atom stereocenters. The number of carbonyl (C=O) groups is 2. The summed E-state index contributed by atoms with van der Waals surface area (Å²) in [5, 5.41) is 13.7. The maximum Gasteiger partial charge on any atom is 0.230 e. The number of amides is 2. The van der Waals surface area contributed by atoms with E-state index in [9.17, 15) is 18.4 Å². The molecule has 24 heavy (non-hydrogen) atoms. The molecule has 0 aliphatic carbocycles. The van der Waals surface area contributed by atoms with Crippen molar-refractivity contribution >= 4 is 33.8 Å². The SMILES string of the molecule is N#Cc1ccsc1NC(=O)[C@@H]1CC(=O)N(c2ccc(F)cc2F)C1. The number of nitrogens with one attached hydrogen (secondary N) is 1. The number of benzene rings is 1. The van der Waals surface area contributed by atoms with Gasteiger partial charge in [0, 0.05) is 19.0 Å². The number of hydrogen-bond donors (Lipinski definition) is 1. The van der Waals surface area contributed by atoms with Gasteiger partial charge in [0.15, 0.2) is 0 Å². The van der Waals surface area contributed by atoms with Gasteiger partial charge >= 0.3 is 0 Å². The van der Waals surface area contributed by atoms with Crippen LogP contribution in [0.25, 0.3) is 0 Å². The molecule has 0 radical (unpaired) electrons. The predicted octanol–water partition coefficient (Wildman–Crippen LogP) is 2.89. The van der Waals surface area contributed by atoms with Gasteiger partial charge in [0.1, 0.15) is 22.7 Å². The third kappa shape index (κ3) is 2.98. The van der Waals surface area contributed by atoms with Crippen molar-refractivity contribution in [1.29, 1.82) is 5.26 Å². The molecule has 3 rings (SSSR count). The highest BCUT2D eigenvalue weighted by Crippen LogP contribution is 2.29. The van der Waals surface area contributed by atoms with Crippen molar-refractivity contribution in [1.82, 2.24) is 0 Å². The summed E-state index contributed by atoms with van der Waals surface area (Å²) in [5.74, 6) is -3.08. The molecule has 2 heterocycles. The van der Waals surface area contributed by atoms with E-state index in [4.69, 9.17) is 5.26 Å². The summed E-state index contributed by atoms with van der Waals surface area (Å²) >= 11 is 1.21. The van der Waals surface area contributed by atoms with Gasteiger partial charge in [-0.3, -0.25) is 9.59 Å². The normalized spacial score (nSPS) is 17.0. The lowest BCUT2D eigenvalue weighted by Gasteiger charge is -2.17. The second-order valence-electron chi connectivity index (χ2n) is 5.27. The Morgan fingerprint density at radius 1 is 1.38 bits per heavy atom. The summed E-state index contributed by atoms with van der Waals surface area (Å²) in [4.78, 5) is 25.5. The van der Waals surface area contributed by atoms with Crippen LogP contribution in [-0.2, 0) is 9.59 Å². The number of rotatable bonds is 3. The smallest absolute Gasteiger partial charge is 0.230 e. The number of halogens is 2. The predicted molar refractivity (Wildman–Crippen MR) is 84.5 cm³/mol. The van der Waals surface area contributed by atoms with E-state index in [1.807, 2.05) is 6.07 Å². The molecule has 1 aromatic heterocycles. The molecule has 122 valence electrons. The molecule has 1 saturated heterocycles. The van der Waals surface area contributed by atoms with Crippen LogP contribution in [0, 0.1) is 28.9 Å². The molecule has 2 aromatic rings. The van der Waals surface area contributed by atoms with Crippen molar-refractivity contribution in [3.8, 4) is 6.07 Å². The molecular formula is C16H11F2N3O2S. The van der Waals surface area contributed by atoms with Crippen LogP contribution < -0.4 is 10.2 Å². The molecule has 0 spiro atoms. The summed E-state index contributed by atoms with van der Waals surface area (Å²) in [6.45, 7) is 0.000477. The zero-order chi connectivity index (χ0) is 17.3.